The molecule has 2 heterocycles. The summed E-state index contributed by atoms with van der Waals surface area (Å²) in [4.78, 5) is 19.8. The van der Waals surface area contributed by atoms with Crippen LogP contribution in [0.2, 0.25) is 0 Å². The minimum Gasteiger partial charge on any atom is -0.456 e. The molecular weight excluding hydrogens is 588 g/mol. The number of hydrogen-bond donors (Lipinski definition) is 0. The molecule has 3 aliphatic rings. The predicted octanol–water partition coefficient (Wildman–Crippen LogP) is 5.20. The smallest absolute Gasteiger partial charge is 0.352 e. The van der Waals surface area contributed by atoms with Crippen LogP contribution < -0.4 is 14.8 Å². The van der Waals surface area contributed by atoms with E-state index in [-0.39, 0.29) is 31.1 Å². The van der Waals surface area contributed by atoms with Gasteiger partial charge in [0.15, 0.2) is 0 Å². The van der Waals surface area contributed by atoms with Crippen LogP contribution in [0.25, 0.3) is 33.4 Å². The van der Waals surface area contributed by atoms with E-state index in [1.807, 2.05) is 24.3 Å². The molecule has 1 aliphatic carbocycles. The van der Waals surface area contributed by atoms with Crippen LogP contribution in [0.5, 0.6) is 0 Å². The SMILES string of the molecule is C=C(C)C(=O)ON1CCN(S(=O)(=O)c2ccccc2-c2c3ccc(=[N+](CC)CC)cc-3oc3cc(N(CC)CC)ccc23)CC1. The third kappa shape index (κ3) is 6.40. The van der Waals surface area contributed by atoms with E-state index >= 15 is 0 Å². The Morgan fingerprint density at radius 3 is 2.27 bits per heavy atom. The second-order valence-corrected chi connectivity index (χ2v) is 13.1. The lowest BCUT2D eigenvalue weighted by Gasteiger charge is -2.33. The quantitative estimate of drug-likeness (QED) is 0.135. The number of anilines is 1. The van der Waals surface area contributed by atoms with Crippen LogP contribution in [0.1, 0.15) is 34.6 Å². The number of hydrogen-bond acceptors (Lipinski definition) is 7. The van der Waals surface area contributed by atoms with Gasteiger partial charge >= 0.3 is 5.97 Å². The van der Waals surface area contributed by atoms with Gasteiger partial charge in [-0.3, -0.25) is 0 Å². The summed E-state index contributed by atoms with van der Waals surface area (Å²) in [6, 6.07) is 19.5. The Morgan fingerprint density at radius 1 is 0.933 bits per heavy atom. The zero-order valence-corrected chi connectivity index (χ0v) is 27.7. The van der Waals surface area contributed by atoms with Gasteiger partial charge in [-0.2, -0.15) is 4.31 Å². The fourth-order valence-electron chi connectivity index (χ4n) is 5.96. The van der Waals surface area contributed by atoms with E-state index in [9.17, 15) is 13.2 Å². The summed E-state index contributed by atoms with van der Waals surface area (Å²) in [5.74, 6) is 0.178. The van der Waals surface area contributed by atoms with Gasteiger partial charge in [0.1, 0.15) is 24.4 Å². The third-order valence-corrected chi connectivity index (χ3v) is 10.4. The number of carbonyl (C=O) groups excluding carboxylic acids is 1. The molecule has 0 radical (unpaired) electrons. The summed E-state index contributed by atoms with van der Waals surface area (Å²) in [7, 11) is -3.90. The zero-order chi connectivity index (χ0) is 32.3. The Kier molecular flexibility index (Phi) is 9.76. The number of sulfonamides is 1. The van der Waals surface area contributed by atoms with Crippen molar-refractivity contribution in [3.05, 3.63) is 78.2 Å². The van der Waals surface area contributed by atoms with Crippen molar-refractivity contribution in [2.45, 2.75) is 39.5 Å². The first-order chi connectivity index (χ1) is 21.6. The fourth-order valence-corrected chi connectivity index (χ4v) is 7.58. The van der Waals surface area contributed by atoms with Crippen LogP contribution >= 0.6 is 0 Å². The molecule has 9 nitrogen and oxygen atoms in total. The summed E-state index contributed by atoms with van der Waals surface area (Å²) in [6.45, 7) is 18.0. The molecule has 238 valence electrons. The number of piperazine rings is 1. The minimum atomic E-state index is -3.90. The van der Waals surface area contributed by atoms with E-state index in [1.54, 1.807) is 19.1 Å². The van der Waals surface area contributed by atoms with Gasteiger partial charge in [0.2, 0.25) is 15.4 Å². The first kappa shape index (κ1) is 32.4. The lowest BCUT2D eigenvalue weighted by molar-refractivity contribution is -0.190. The van der Waals surface area contributed by atoms with E-state index in [4.69, 9.17) is 9.25 Å². The van der Waals surface area contributed by atoms with Crippen molar-refractivity contribution in [2.75, 3.05) is 57.3 Å². The highest BCUT2D eigenvalue weighted by atomic mass is 32.2. The van der Waals surface area contributed by atoms with Crippen molar-refractivity contribution in [2.24, 2.45) is 0 Å². The normalized spacial score (nSPS) is 14.5. The van der Waals surface area contributed by atoms with Gasteiger partial charge in [-0.1, -0.05) is 24.8 Å². The Bertz CT molecular complexity index is 1860. The monoisotopic (exact) mass is 631 g/mol. The van der Waals surface area contributed by atoms with Gasteiger partial charge in [0.05, 0.1) is 11.0 Å². The van der Waals surface area contributed by atoms with Crippen LogP contribution in [-0.2, 0) is 19.7 Å². The summed E-state index contributed by atoms with van der Waals surface area (Å²) < 4.78 is 38.9. The summed E-state index contributed by atoms with van der Waals surface area (Å²) in [5, 5.41) is 3.39. The molecule has 1 saturated heterocycles. The van der Waals surface area contributed by atoms with E-state index in [0.717, 1.165) is 53.7 Å². The van der Waals surface area contributed by atoms with Crippen LogP contribution in [0.3, 0.4) is 0 Å². The molecule has 0 amide bonds. The van der Waals surface area contributed by atoms with Crippen molar-refractivity contribution in [3.8, 4) is 22.5 Å². The largest absolute Gasteiger partial charge is 0.456 e. The van der Waals surface area contributed by atoms with Crippen LogP contribution in [-0.4, -0.2) is 76.1 Å². The standard InChI is InChI=1S/C35H43N4O5S/c1-7-36(8-2)26-15-17-28-31(23-26)43-32-24-27(37(9-3)10-4)16-18-29(32)34(28)30-13-11-12-14-33(30)45(41,42)39-21-19-38(20-22-39)44-35(40)25(5)6/h11-18,23-24H,5,7-10,19-22H2,1-4,6H3/q+1. The second kappa shape index (κ2) is 13.6. The van der Waals surface area contributed by atoms with Crippen molar-refractivity contribution in [1.29, 1.82) is 0 Å². The fraction of sp³-hybridized carbons (Fsp3) is 0.371. The molecule has 1 fully saturated rings. The van der Waals surface area contributed by atoms with E-state index in [1.165, 1.54) is 9.37 Å². The maximum Gasteiger partial charge on any atom is 0.352 e. The van der Waals surface area contributed by atoms with Crippen LogP contribution in [0.4, 0.5) is 5.69 Å². The third-order valence-electron chi connectivity index (χ3n) is 8.48. The van der Waals surface area contributed by atoms with Crippen molar-refractivity contribution < 1.29 is 22.5 Å². The number of fused-ring (bicyclic) bond motifs is 2. The Morgan fingerprint density at radius 2 is 1.62 bits per heavy atom. The lowest BCUT2D eigenvalue weighted by atomic mass is 9.93. The Hall–Kier alpha value is -3.99. The number of hydroxylamine groups is 2. The highest BCUT2D eigenvalue weighted by Gasteiger charge is 2.33. The molecule has 0 aromatic heterocycles. The van der Waals surface area contributed by atoms with Gasteiger partial charge < -0.3 is 14.2 Å². The van der Waals surface area contributed by atoms with Crippen LogP contribution in [0.15, 0.2) is 82.1 Å². The molecule has 10 heteroatoms. The molecule has 0 N–H and O–H groups in total. The van der Waals surface area contributed by atoms with E-state index in [0.29, 0.717) is 22.5 Å². The molecule has 45 heavy (non-hydrogen) atoms. The van der Waals surface area contributed by atoms with Gasteiger partial charge in [0, 0.05) is 84.7 Å². The molecule has 2 aliphatic heterocycles. The number of carbonyl (C=O) groups is 1. The van der Waals surface area contributed by atoms with E-state index < -0.39 is 16.0 Å². The summed E-state index contributed by atoms with van der Waals surface area (Å²) in [6.07, 6.45) is 0. The first-order valence-electron chi connectivity index (χ1n) is 15.7. The minimum absolute atomic E-state index is 0.187. The highest BCUT2D eigenvalue weighted by molar-refractivity contribution is 7.89. The summed E-state index contributed by atoms with van der Waals surface area (Å²) >= 11 is 0. The predicted molar refractivity (Wildman–Crippen MR) is 179 cm³/mol. The molecular formula is C35H43N4O5S+. The van der Waals surface area contributed by atoms with Gasteiger partial charge in [-0.15, -0.1) is 5.06 Å². The molecule has 0 saturated carbocycles. The second-order valence-electron chi connectivity index (χ2n) is 11.2. The number of nitrogens with zero attached hydrogens (tertiary/aromatic N) is 4. The Labute approximate surface area is 266 Å². The molecule has 0 bridgehead atoms. The van der Waals surface area contributed by atoms with Gasteiger partial charge in [0.25, 0.3) is 0 Å². The molecule has 5 rings (SSSR count). The average Bonchev–Trinajstić information content (AvgIpc) is 3.05. The van der Waals surface area contributed by atoms with Gasteiger partial charge in [-0.05, 0) is 58.9 Å². The number of benzene rings is 3. The summed E-state index contributed by atoms with van der Waals surface area (Å²) in [5.41, 5.74) is 4.31. The molecule has 0 spiro atoms. The molecule has 0 unspecified atom stereocenters. The highest BCUT2D eigenvalue weighted by Crippen LogP contribution is 2.43. The Balaban J connectivity index is 1.67. The number of rotatable bonds is 10. The topological polar surface area (TPSA) is 86.3 Å². The average molecular weight is 632 g/mol. The first-order valence-corrected chi connectivity index (χ1v) is 17.1. The van der Waals surface area contributed by atoms with Crippen LogP contribution in [0, 0.1) is 0 Å². The van der Waals surface area contributed by atoms with E-state index in [2.05, 4.69) is 68.0 Å². The van der Waals surface area contributed by atoms with Gasteiger partial charge in [-0.25, -0.2) is 17.8 Å². The molecule has 2 aromatic rings. The van der Waals surface area contributed by atoms with Crippen molar-refractivity contribution in [1.82, 2.24) is 13.9 Å². The molecule has 2 aromatic carbocycles. The zero-order valence-electron chi connectivity index (χ0n) is 26.9. The van der Waals surface area contributed by atoms with Crippen molar-refractivity contribution >= 4 is 32.6 Å². The maximum absolute atomic E-state index is 14.3. The molecule has 0 atom stereocenters. The van der Waals surface area contributed by atoms with Crippen molar-refractivity contribution in [3.63, 3.8) is 0 Å². The lowest BCUT2D eigenvalue weighted by Crippen LogP contribution is -2.49. The maximum atomic E-state index is 14.3.